The number of hydrogen-bond acceptors (Lipinski definition) is 7. The number of piperazine rings is 1. The number of carbonyl (C=O) groups is 3. The first kappa shape index (κ1) is 20.1. The van der Waals surface area contributed by atoms with Gasteiger partial charge in [0.05, 0.1) is 11.1 Å². The van der Waals surface area contributed by atoms with E-state index in [1.165, 1.54) is 11.3 Å². The fourth-order valence-electron chi connectivity index (χ4n) is 3.13. The number of ketones is 2. The molecule has 148 valence electrons. The average molecular weight is 401 g/mol. The molecule has 0 saturated carbocycles. The molecule has 1 amide bonds. The molecular formula is C20H24N4O3S. The van der Waals surface area contributed by atoms with Crippen LogP contribution in [0.1, 0.15) is 40.2 Å². The number of nitrogens with zero attached hydrogens (tertiary/aromatic N) is 4. The number of carbonyl (C=O) groups excluding carboxylic acids is 3. The zero-order chi connectivity index (χ0) is 19.9. The molecule has 0 radical (unpaired) electrons. The van der Waals surface area contributed by atoms with Crippen molar-refractivity contribution in [1.29, 1.82) is 0 Å². The van der Waals surface area contributed by atoms with E-state index in [1.807, 2.05) is 13.0 Å². The standard InChI is InChI=1S/C20H24N4O3S/c1-15-2-6-18(28-15)17(26)5-3-16(25)4-7-20(27)24-12-10-23(11-13-24)19-14-21-8-9-22-19/h2,6,8-9,14H,3-5,7,10-13H2,1H3. The molecule has 0 N–H and O–H groups in total. The third-order valence-corrected chi connectivity index (χ3v) is 5.81. The fourth-order valence-corrected chi connectivity index (χ4v) is 3.96. The van der Waals surface area contributed by atoms with Gasteiger partial charge in [-0.2, -0.15) is 0 Å². The maximum absolute atomic E-state index is 12.4. The molecule has 8 heteroatoms. The van der Waals surface area contributed by atoms with Crippen molar-refractivity contribution in [3.63, 3.8) is 0 Å². The molecule has 0 unspecified atom stereocenters. The van der Waals surface area contributed by atoms with Crippen LogP contribution in [0, 0.1) is 6.92 Å². The van der Waals surface area contributed by atoms with E-state index in [2.05, 4.69) is 14.9 Å². The van der Waals surface area contributed by atoms with Crippen LogP contribution in [0.15, 0.2) is 30.7 Å². The van der Waals surface area contributed by atoms with Crippen LogP contribution in [0.2, 0.25) is 0 Å². The Labute approximate surface area is 168 Å². The van der Waals surface area contributed by atoms with Gasteiger partial charge in [0.25, 0.3) is 0 Å². The Bertz CT molecular complexity index is 829. The lowest BCUT2D eigenvalue weighted by Crippen LogP contribution is -2.49. The second kappa shape index (κ2) is 9.54. The van der Waals surface area contributed by atoms with Gasteiger partial charge in [-0.1, -0.05) is 0 Å². The summed E-state index contributed by atoms with van der Waals surface area (Å²) >= 11 is 1.45. The van der Waals surface area contributed by atoms with Crippen molar-refractivity contribution >= 4 is 34.6 Å². The summed E-state index contributed by atoms with van der Waals surface area (Å²) in [4.78, 5) is 50.5. The van der Waals surface area contributed by atoms with Gasteiger partial charge >= 0.3 is 0 Å². The lowest BCUT2D eigenvalue weighted by atomic mass is 10.1. The van der Waals surface area contributed by atoms with Gasteiger partial charge in [0, 0.05) is 69.1 Å². The van der Waals surface area contributed by atoms with Crippen molar-refractivity contribution in [3.05, 3.63) is 40.5 Å². The summed E-state index contributed by atoms with van der Waals surface area (Å²) in [5, 5.41) is 0. The molecule has 0 spiro atoms. The molecule has 1 aliphatic rings. The lowest BCUT2D eigenvalue weighted by molar-refractivity contribution is -0.133. The topological polar surface area (TPSA) is 83.5 Å². The predicted molar refractivity (Wildman–Crippen MR) is 108 cm³/mol. The Kier molecular flexibility index (Phi) is 6.86. The number of amides is 1. The van der Waals surface area contributed by atoms with Crippen molar-refractivity contribution in [2.75, 3.05) is 31.1 Å². The maximum atomic E-state index is 12.4. The van der Waals surface area contributed by atoms with Crippen molar-refractivity contribution in [1.82, 2.24) is 14.9 Å². The number of rotatable bonds is 8. The molecule has 0 bridgehead atoms. The summed E-state index contributed by atoms with van der Waals surface area (Å²) in [5.41, 5.74) is 0. The fraction of sp³-hybridized carbons (Fsp3) is 0.450. The van der Waals surface area contributed by atoms with E-state index in [1.54, 1.807) is 29.6 Å². The highest BCUT2D eigenvalue weighted by Crippen LogP contribution is 2.18. The normalized spacial score (nSPS) is 14.2. The van der Waals surface area contributed by atoms with E-state index >= 15 is 0 Å². The van der Waals surface area contributed by atoms with Gasteiger partial charge in [-0.25, -0.2) is 4.98 Å². The zero-order valence-electron chi connectivity index (χ0n) is 16.0. The van der Waals surface area contributed by atoms with Gasteiger partial charge < -0.3 is 9.80 Å². The maximum Gasteiger partial charge on any atom is 0.223 e. The second-order valence-corrected chi connectivity index (χ2v) is 8.09. The molecule has 3 heterocycles. The van der Waals surface area contributed by atoms with Crippen LogP contribution in [0.3, 0.4) is 0 Å². The third-order valence-electron chi connectivity index (χ3n) is 4.77. The number of anilines is 1. The molecule has 0 atom stereocenters. The molecule has 2 aromatic rings. The zero-order valence-corrected chi connectivity index (χ0v) is 16.8. The minimum atomic E-state index is -0.0341. The van der Waals surface area contributed by atoms with Crippen molar-refractivity contribution < 1.29 is 14.4 Å². The van der Waals surface area contributed by atoms with Crippen LogP contribution in [0.25, 0.3) is 0 Å². The van der Waals surface area contributed by atoms with Crippen molar-refractivity contribution in [2.24, 2.45) is 0 Å². The van der Waals surface area contributed by atoms with Crippen molar-refractivity contribution in [2.45, 2.75) is 32.6 Å². The molecule has 2 aromatic heterocycles. The van der Waals surface area contributed by atoms with E-state index in [4.69, 9.17) is 0 Å². The van der Waals surface area contributed by atoms with Crippen LogP contribution in [-0.2, 0) is 9.59 Å². The van der Waals surface area contributed by atoms with Crippen LogP contribution in [-0.4, -0.2) is 58.5 Å². The molecule has 1 saturated heterocycles. The summed E-state index contributed by atoms with van der Waals surface area (Å²) in [6.45, 7) is 4.57. The Morgan fingerprint density at radius 3 is 2.39 bits per heavy atom. The molecule has 1 fully saturated rings. The van der Waals surface area contributed by atoms with Crippen LogP contribution < -0.4 is 4.90 Å². The molecule has 28 heavy (non-hydrogen) atoms. The minimum absolute atomic E-state index is 0.00194. The Morgan fingerprint density at radius 1 is 1.00 bits per heavy atom. The Morgan fingerprint density at radius 2 is 1.75 bits per heavy atom. The van der Waals surface area contributed by atoms with E-state index < -0.39 is 0 Å². The van der Waals surface area contributed by atoms with E-state index in [-0.39, 0.29) is 43.2 Å². The average Bonchev–Trinajstić information content (AvgIpc) is 3.17. The van der Waals surface area contributed by atoms with Gasteiger partial charge in [-0.15, -0.1) is 11.3 Å². The molecule has 3 rings (SSSR count). The van der Waals surface area contributed by atoms with E-state index in [9.17, 15) is 14.4 Å². The molecule has 1 aliphatic heterocycles. The highest BCUT2D eigenvalue weighted by atomic mass is 32.1. The van der Waals surface area contributed by atoms with Crippen LogP contribution in [0.4, 0.5) is 5.82 Å². The Hall–Kier alpha value is -2.61. The monoisotopic (exact) mass is 400 g/mol. The largest absolute Gasteiger partial charge is 0.352 e. The van der Waals surface area contributed by atoms with E-state index in [0.717, 1.165) is 10.7 Å². The quantitative estimate of drug-likeness (QED) is 0.633. The SMILES string of the molecule is Cc1ccc(C(=O)CCC(=O)CCC(=O)N2CCN(c3cnccn3)CC2)s1. The summed E-state index contributed by atoms with van der Waals surface area (Å²) in [5.74, 6) is 0.772. The van der Waals surface area contributed by atoms with Crippen molar-refractivity contribution in [3.8, 4) is 0 Å². The number of hydrogen-bond donors (Lipinski definition) is 0. The van der Waals surface area contributed by atoms with Gasteiger partial charge in [-0.3, -0.25) is 19.4 Å². The first-order valence-corrected chi connectivity index (χ1v) is 10.2. The highest BCUT2D eigenvalue weighted by molar-refractivity contribution is 7.14. The molecule has 0 aromatic carbocycles. The second-order valence-electron chi connectivity index (χ2n) is 6.80. The smallest absolute Gasteiger partial charge is 0.223 e. The summed E-state index contributed by atoms with van der Waals surface area (Å²) in [6.07, 6.45) is 5.82. The van der Waals surface area contributed by atoms with Crippen LogP contribution in [0.5, 0.6) is 0 Å². The summed E-state index contributed by atoms with van der Waals surface area (Å²) in [7, 11) is 0. The number of aryl methyl sites for hydroxylation is 1. The summed E-state index contributed by atoms with van der Waals surface area (Å²) in [6, 6.07) is 3.71. The highest BCUT2D eigenvalue weighted by Gasteiger charge is 2.22. The molecule has 7 nitrogen and oxygen atoms in total. The van der Waals surface area contributed by atoms with Gasteiger partial charge in [-0.05, 0) is 19.1 Å². The number of thiophene rings is 1. The first-order chi connectivity index (χ1) is 13.5. The van der Waals surface area contributed by atoms with Gasteiger partial charge in [0.15, 0.2) is 5.78 Å². The summed E-state index contributed by atoms with van der Waals surface area (Å²) < 4.78 is 0. The number of Topliss-reactive ketones (excluding diaryl/α,β-unsaturated/α-hetero) is 2. The Balaban J connectivity index is 1.36. The molecule has 0 aliphatic carbocycles. The first-order valence-electron chi connectivity index (χ1n) is 9.43. The minimum Gasteiger partial charge on any atom is -0.352 e. The van der Waals surface area contributed by atoms with E-state index in [0.29, 0.717) is 31.1 Å². The molecular weight excluding hydrogens is 376 g/mol. The van der Waals surface area contributed by atoms with Gasteiger partial charge in [0.1, 0.15) is 11.6 Å². The lowest BCUT2D eigenvalue weighted by Gasteiger charge is -2.35. The predicted octanol–water partition coefficient (Wildman–Crippen LogP) is 2.51. The number of aromatic nitrogens is 2. The third kappa shape index (κ3) is 5.45. The van der Waals surface area contributed by atoms with Gasteiger partial charge in [0.2, 0.25) is 5.91 Å². The van der Waals surface area contributed by atoms with Crippen LogP contribution >= 0.6 is 11.3 Å².